The van der Waals surface area contributed by atoms with Crippen LogP contribution in [0.1, 0.15) is 24.0 Å². The third-order valence-electron chi connectivity index (χ3n) is 5.02. The molecule has 0 amide bonds. The van der Waals surface area contributed by atoms with Crippen molar-refractivity contribution < 1.29 is 9.47 Å². The molecule has 1 spiro atoms. The van der Waals surface area contributed by atoms with Crippen LogP contribution in [0.15, 0.2) is 30.5 Å². The molecule has 0 saturated carbocycles. The molecule has 0 radical (unpaired) electrons. The molecule has 2 aliphatic rings. The number of nitrogens with one attached hydrogen (secondary N) is 1. The highest BCUT2D eigenvalue weighted by molar-refractivity contribution is 5.63. The Hall–Kier alpha value is -2.18. The summed E-state index contributed by atoms with van der Waals surface area (Å²) in [5.41, 5.74) is 3.44. The van der Waals surface area contributed by atoms with Crippen LogP contribution in [-0.2, 0) is 9.47 Å². The van der Waals surface area contributed by atoms with Crippen LogP contribution in [0.5, 0.6) is 0 Å². The molecule has 6 nitrogen and oxygen atoms in total. The van der Waals surface area contributed by atoms with Gasteiger partial charge in [0.15, 0.2) is 5.79 Å². The van der Waals surface area contributed by atoms with Crippen molar-refractivity contribution >= 4 is 17.5 Å². The van der Waals surface area contributed by atoms with Gasteiger partial charge in [0, 0.05) is 37.8 Å². The number of aryl methyl sites for hydroxylation is 2. The fraction of sp³-hybridized carbons (Fsp3) is 0.474. The molecular formula is C19H24N4O2. The summed E-state index contributed by atoms with van der Waals surface area (Å²) in [6.45, 7) is 7.34. The van der Waals surface area contributed by atoms with E-state index in [1.807, 2.05) is 12.3 Å². The molecule has 3 heterocycles. The molecule has 2 saturated heterocycles. The summed E-state index contributed by atoms with van der Waals surface area (Å²) in [6.07, 6.45) is 3.55. The minimum Gasteiger partial charge on any atom is -0.356 e. The number of hydrogen-bond donors (Lipinski definition) is 1. The maximum Gasteiger partial charge on any atom is 0.229 e. The summed E-state index contributed by atoms with van der Waals surface area (Å²) in [7, 11) is 0. The van der Waals surface area contributed by atoms with Crippen LogP contribution in [0.4, 0.5) is 17.5 Å². The molecule has 0 aliphatic carbocycles. The van der Waals surface area contributed by atoms with Gasteiger partial charge in [0.25, 0.3) is 0 Å². The second kappa shape index (κ2) is 6.61. The van der Waals surface area contributed by atoms with E-state index in [9.17, 15) is 0 Å². The Kier molecular flexibility index (Phi) is 4.31. The molecule has 132 valence electrons. The standard InChI is InChI=1S/C19H24N4O2/c1-14-4-3-5-15(2)17(14)22-18-20-9-6-16(21-18)23-10-7-19(8-11-23)24-12-13-25-19/h3-6,9H,7-8,10-13H2,1-2H3,(H,20,21,22). The predicted octanol–water partition coefficient (Wildman–Crippen LogP) is 3.18. The minimum absolute atomic E-state index is 0.358. The van der Waals surface area contributed by atoms with Crippen molar-refractivity contribution in [2.75, 3.05) is 36.5 Å². The fourth-order valence-electron chi connectivity index (χ4n) is 3.57. The van der Waals surface area contributed by atoms with Gasteiger partial charge in [0.2, 0.25) is 5.95 Å². The summed E-state index contributed by atoms with van der Waals surface area (Å²) in [5, 5.41) is 3.37. The maximum absolute atomic E-state index is 5.80. The molecule has 0 atom stereocenters. The predicted molar refractivity (Wildman–Crippen MR) is 97.3 cm³/mol. The molecule has 25 heavy (non-hydrogen) atoms. The number of nitrogens with zero attached hydrogens (tertiary/aromatic N) is 3. The summed E-state index contributed by atoms with van der Waals surface area (Å²) in [5.74, 6) is 1.21. The van der Waals surface area contributed by atoms with Crippen LogP contribution in [0.3, 0.4) is 0 Å². The average Bonchev–Trinajstić information content (AvgIpc) is 3.07. The van der Waals surface area contributed by atoms with E-state index in [1.54, 1.807) is 0 Å². The quantitative estimate of drug-likeness (QED) is 0.926. The van der Waals surface area contributed by atoms with Gasteiger partial charge in [-0.1, -0.05) is 18.2 Å². The third-order valence-corrected chi connectivity index (χ3v) is 5.02. The highest BCUT2D eigenvalue weighted by Crippen LogP contribution is 2.33. The van der Waals surface area contributed by atoms with Crippen molar-refractivity contribution in [3.63, 3.8) is 0 Å². The zero-order valence-electron chi connectivity index (χ0n) is 14.8. The zero-order chi connectivity index (χ0) is 17.3. The second-order valence-corrected chi connectivity index (χ2v) is 6.72. The molecule has 2 fully saturated rings. The summed E-state index contributed by atoms with van der Waals surface area (Å²) in [4.78, 5) is 11.4. The van der Waals surface area contributed by atoms with Gasteiger partial charge in [0.1, 0.15) is 5.82 Å². The summed E-state index contributed by atoms with van der Waals surface area (Å²) in [6, 6.07) is 8.20. The van der Waals surface area contributed by atoms with Crippen LogP contribution in [0.2, 0.25) is 0 Å². The molecule has 0 bridgehead atoms. The minimum atomic E-state index is -0.358. The lowest BCUT2D eigenvalue weighted by molar-refractivity contribution is -0.169. The van der Waals surface area contributed by atoms with Gasteiger partial charge in [0.05, 0.1) is 13.2 Å². The first kappa shape index (κ1) is 16.3. The highest BCUT2D eigenvalue weighted by Gasteiger charge is 2.40. The van der Waals surface area contributed by atoms with E-state index in [0.29, 0.717) is 19.2 Å². The molecule has 4 rings (SSSR count). The largest absolute Gasteiger partial charge is 0.356 e. The number of aromatic nitrogens is 2. The fourth-order valence-corrected chi connectivity index (χ4v) is 3.57. The molecule has 0 unspecified atom stereocenters. The number of para-hydroxylation sites is 1. The van der Waals surface area contributed by atoms with E-state index in [0.717, 1.165) is 37.4 Å². The Bertz CT molecular complexity index is 729. The number of ether oxygens (including phenoxy) is 2. The summed E-state index contributed by atoms with van der Waals surface area (Å²) >= 11 is 0. The average molecular weight is 340 g/mol. The van der Waals surface area contributed by atoms with Crippen molar-refractivity contribution in [1.29, 1.82) is 0 Å². The maximum atomic E-state index is 5.80. The van der Waals surface area contributed by atoms with Gasteiger partial charge in [-0.2, -0.15) is 4.98 Å². The summed E-state index contributed by atoms with van der Waals surface area (Å²) < 4.78 is 11.6. The van der Waals surface area contributed by atoms with Gasteiger partial charge in [-0.25, -0.2) is 4.98 Å². The van der Waals surface area contributed by atoms with Crippen molar-refractivity contribution in [3.05, 3.63) is 41.6 Å². The van der Waals surface area contributed by atoms with Crippen molar-refractivity contribution in [2.45, 2.75) is 32.5 Å². The SMILES string of the molecule is Cc1cccc(C)c1Nc1nccc(N2CCC3(CC2)OCCO3)n1. The number of hydrogen-bond acceptors (Lipinski definition) is 6. The van der Waals surface area contributed by atoms with Crippen molar-refractivity contribution in [2.24, 2.45) is 0 Å². The van der Waals surface area contributed by atoms with E-state index in [1.165, 1.54) is 11.1 Å². The van der Waals surface area contributed by atoms with Gasteiger partial charge < -0.3 is 19.7 Å². The lowest BCUT2D eigenvalue weighted by Gasteiger charge is -2.38. The first-order valence-electron chi connectivity index (χ1n) is 8.84. The number of piperidine rings is 1. The van der Waals surface area contributed by atoms with Crippen LogP contribution in [0.25, 0.3) is 0 Å². The molecule has 1 aromatic carbocycles. The molecule has 2 aromatic rings. The second-order valence-electron chi connectivity index (χ2n) is 6.72. The van der Waals surface area contributed by atoms with E-state index in [4.69, 9.17) is 14.5 Å². The van der Waals surface area contributed by atoms with Gasteiger partial charge >= 0.3 is 0 Å². The van der Waals surface area contributed by atoms with E-state index in [2.05, 4.69) is 47.2 Å². The topological polar surface area (TPSA) is 59.5 Å². The van der Waals surface area contributed by atoms with Crippen LogP contribution in [0, 0.1) is 13.8 Å². The first-order chi connectivity index (χ1) is 12.2. The monoisotopic (exact) mass is 340 g/mol. The molecule has 2 aliphatic heterocycles. The van der Waals surface area contributed by atoms with Gasteiger partial charge in [-0.3, -0.25) is 0 Å². The Morgan fingerprint density at radius 1 is 1.04 bits per heavy atom. The normalized spacial score (nSPS) is 19.4. The Morgan fingerprint density at radius 2 is 1.72 bits per heavy atom. The van der Waals surface area contributed by atoms with Crippen molar-refractivity contribution in [3.8, 4) is 0 Å². The Balaban J connectivity index is 1.48. The van der Waals surface area contributed by atoms with E-state index < -0.39 is 0 Å². The zero-order valence-corrected chi connectivity index (χ0v) is 14.8. The van der Waals surface area contributed by atoms with Gasteiger partial charge in [-0.05, 0) is 31.0 Å². The Labute approximate surface area is 148 Å². The van der Waals surface area contributed by atoms with E-state index >= 15 is 0 Å². The lowest BCUT2D eigenvalue weighted by atomic mass is 10.0. The highest BCUT2D eigenvalue weighted by atomic mass is 16.7. The first-order valence-corrected chi connectivity index (χ1v) is 8.84. The number of anilines is 3. The van der Waals surface area contributed by atoms with Crippen molar-refractivity contribution in [1.82, 2.24) is 9.97 Å². The third kappa shape index (κ3) is 3.32. The lowest BCUT2D eigenvalue weighted by Crippen LogP contribution is -2.45. The molecule has 1 N–H and O–H groups in total. The Morgan fingerprint density at radius 3 is 2.40 bits per heavy atom. The van der Waals surface area contributed by atoms with Crippen LogP contribution in [-0.4, -0.2) is 42.1 Å². The molecule has 6 heteroatoms. The molecule has 1 aromatic heterocycles. The molecular weight excluding hydrogens is 316 g/mol. The number of rotatable bonds is 3. The van der Waals surface area contributed by atoms with E-state index in [-0.39, 0.29) is 5.79 Å². The van der Waals surface area contributed by atoms with Crippen LogP contribution < -0.4 is 10.2 Å². The number of benzene rings is 1. The van der Waals surface area contributed by atoms with Gasteiger partial charge in [-0.15, -0.1) is 0 Å². The smallest absolute Gasteiger partial charge is 0.229 e. The van der Waals surface area contributed by atoms with Crippen LogP contribution >= 0.6 is 0 Å².